The van der Waals surface area contributed by atoms with Gasteiger partial charge in [-0.1, -0.05) is 11.6 Å². The molecule has 0 aliphatic rings. The average molecular weight is 316 g/mol. The van der Waals surface area contributed by atoms with Crippen LogP contribution in [0.2, 0.25) is 5.02 Å². The summed E-state index contributed by atoms with van der Waals surface area (Å²) in [5.74, 6) is -0.687. The molecule has 0 saturated carbocycles. The molecule has 0 saturated heterocycles. The largest absolute Gasteiger partial charge is 0.507 e. The molecule has 0 aliphatic carbocycles. The zero-order valence-electron chi connectivity index (χ0n) is 10.2. The minimum Gasteiger partial charge on any atom is -0.507 e. The molecule has 2 rings (SSSR count). The number of amides is 1. The maximum Gasteiger partial charge on any atom is 0.294 e. The van der Waals surface area contributed by atoms with E-state index in [9.17, 15) is 18.3 Å². The number of phenolic OH excluding ortho intramolecular Hbond substituents is 1. The van der Waals surface area contributed by atoms with Gasteiger partial charge < -0.3 is 10.4 Å². The lowest BCUT2D eigenvalue weighted by Gasteiger charge is -2.10. The van der Waals surface area contributed by atoms with Gasteiger partial charge in [-0.3, -0.25) is 9.35 Å². The van der Waals surface area contributed by atoms with E-state index in [1.807, 2.05) is 0 Å². The standard InChI is InChI=1S/C12H10ClNO5S/c1-6(15)14-10-3-2-8-9(12(10)13)4-7(5-11(8)16)20(17,18)19/h2-5,16H,1H3,(H,14,15)(H,17,18,19). The lowest BCUT2D eigenvalue weighted by Crippen LogP contribution is -2.06. The molecule has 0 aromatic heterocycles. The molecule has 0 fully saturated rings. The Hall–Kier alpha value is -1.83. The van der Waals surface area contributed by atoms with Gasteiger partial charge in [0, 0.05) is 23.8 Å². The molecule has 0 radical (unpaired) electrons. The van der Waals surface area contributed by atoms with Crippen molar-refractivity contribution in [1.29, 1.82) is 0 Å². The van der Waals surface area contributed by atoms with Gasteiger partial charge in [0.25, 0.3) is 10.1 Å². The molecule has 0 aliphatic heterocycles. The minimum atomic E-state index is -4.48. The second kappa shape index (κ2) is 4.93. The van der Waals surface area contributed by atoms with Crippen LogP contribution in [0.25, 0.3) is 10.8 Å². The van der Waals surface area contributed by atoms with E-state index in [0.29, 0.717) is 5.39 Å². The molecule has 0 heterocycles. The number of carbonyl (C=O) groups is 1. The van der Waals surface area contributed by atoms with Gasteiger partial charge in [-0.2, -0.15) is 8.42 Å². The van der Waals surface area contributed by atoms with Crippen LogP contribution in [0.1, 0.15) is 6.92 Å². The summed E-state index contributed by atoms with van der Waals surface area (Å²) in [6.07, 6.45) is 0. The summed E-state index contributed by atoms with van der Waals surface area (Å²) in [4.78, 5) is 10.6. The number of halogens is 1. The third-order valence-corrected chi connectivity index (χ3v) is 3.87. The number of fused-ring (bicyclic) bond motifs is 1. The van der Waals surface area contributed by atoms with Crippen molar-refractivity contribution >= 4 is 44.1 Å². The Morgan fingerprint density at radius 2 is 1.90 bits per heavy atom. The SMILES string of the molecule is CC(=O)Nc1ccc2c(O)cc(S(=O)(=O)O)cc2c1Cl. The summed E-state index contributed by atoms with van der Waals surface area (Å²) in [5, 5.41) is 12.8. The number of benzene rings is 2. The van der Waals surface area contributed by atoms with Crippen LogP contribution in [0.5, 0.6) is 5.75 Å². The van der Waals surface area contributed by atoms with Gasteiger partial charge in [0.2, 0.25) is 5.91 Å². The van der Waals surface area contributed by atoms with Crippen LogP contribution in [0.3, 0.4) is 0 Å². The Morgan fingerprint density at radius 1 is 1.25 bits per heavy atom. The highest BCUT2D eigenvalue weighted by atomic mass is 35.5. The van der Waals surface area contributed by atoms with Crippen LogP contribution in [0.4, 0.5) is 5.69 Å². The minimum absolute atomic E-state index is 0.0681. The maximum absolute atomic E-state index is 11.1. The number of hydrogen-bond acceptors (Lipinski definition) is 4. The smallest absolute Gasteiger partial charge is 0.294 e. The maximum atomic E-state index is 11.1. The van der Waals surface area contributed by atoms with Crippen molar-refractivity contribution in [2.75, 3.05) is 5.32 Å². The topological polar surface area (TPSA) is 104 Å². The van der Waals surface area contributed by atoms with Crippen LogP contribution in [-0.4, -0.2) is 24.0 Å². The summed E-state index contributed by atoms with van der Waals surface area (Å²) in [7, 11) is -4.48. The van der Waals surface area contributed by atoms with Crippen LogP contribution in [-0.2, 0) is 14.9 Å². The number of anilines is 1. The highest BCUT2D eigenvalue weighted by Crippen LogP contribution is 2.37. The Labute approximate surface area is 119 Å². The van der Waals surface area contributed by atoms with E-state index < -0.39 is 15.0 Å². The predicted octanol–water partition coefficient (Wildman–Crippen LogP) is 2.40. The van der Waals surface area contributed by atoms with Crippen LogP contribution >= 0.6 is 11.6 Å². The van der Waals surface area contributed by atoms with Crippen LogP contribution < -0.4 is 5.32 Å². The van der Waals surface area contributed by atoms with E-state index in [0.717, 1.165) is 12.1 Å². The van der Waals surface area contributed by atoms with Gasteiger partial charge in [0.15, 0.2) is 0 Å². The van der Waals surface area contributed by atoms with Crippen molar-refractivity contribution < 1.29 is 22.9 Å². The molecule has 3 N–H and O–H groups in total. The third kappa shape index (κ3) is 2.69. The van der Waals surface area contributed by atoms with Gasteiger partial charge in [0.05, 0.1) is 15.6 Å². The first kappa shape index (κ1) is 14.6. The van der Waals surface area contributed by atoms with E-state index in [1.165, 1.54) is 19.1 Å². The van der Waals surface area contributed by atoms with Crippen LogP contribution in [0, 0.1) is 0 Å². The van der Waals surface area contributed by atoms with Gasteiger partial charge in [-0.05, 0) is 18.2 Å². The first-order valence-electron chi connectivity index (χ1n) is 5.40. The van der Waals surface area contributed by atoms with Crippen molar-refractivity contribution in [3.63, 3.8) is 0 Å². The van der Waals surface area contributed by atoms with Crippen molar-refractivity contribution in [2.45, 2.75) is 11.8 Å². The number of hydrogen-bond donors (Lipinski definition) is 3. The average Bonchev–Trinajstić information content (AvgIpc) is 2.31. The van der Waals surface area contributed by atoms with E-state index >= 15 is 0 Å². The fourth-order valence-corrected chi connectivity index (χ4v) is 2.58. The quantitative estimate of drug-likeness (QED) is 0.738. The highest BCUT2D eigenvalue weighted by Gasteiger charge is 2.16. The molecule has 2 aromatic rings. The molecule has 20 heavy (non-hydrogen) atoms. The van der Waals surface area contributed by atoms with Crippen molar-refractivity contribution in [3.8, 4) is 5.75 Å². The zero-order valence-corrected chi connectivity index (χ0v) is 11.8. The number of nitrogens with one attached hydrogen (secondary N) is 1. The molecule has 0 spiro atoms. The summed E-state index contributed by atoms with van der Waals surface area (Å²) in [6, 6.07) is 5.01. The number of carbonyl (C=O) groups excluding carboxylic acids is 1. The van der Waals surface area contributed by atoms with E-state index in [4.69, 9.17) is 16.2 Å². The molecule has 0 unspecified atom stereocenters. The van der Waals surface area contributed by atoms with E-state index in [-0.39, 0.29) is 27.8 Å². The summed E-state index contributed by atoms with van der Waals surface area (Å²) >= 11 is 6.08. The molecule has 6 nitrogen and oxygen atoms in total. The molecule has 106 valence electrons. The second-order valence-electron chi connectivity index (χ2n) is 4.12. The Bertz CT molecular complexity index is 816. The fraction of sp³-hybridized carbons (Fsp3) is 0.0833. The third-order valence-electron chi connectivity index (χ3n) is 2.63. The summed E-state index contributed by atoms with van der Waals surface area (Å²) < 4.78 is 31.3. The molecule has 8 heteroatoms. The summed E-state index contributed by atoms with van der Waals surface area (Å²) in [6.45, 7) is 1.30. The molecular weight excluding hydrogens is 306 g/mol. The van der Waals surface area contributed by atoms with Gasteiger partial charge in [-0.15, -0.1) is 0 Å². The normalized spacial score (nSPS) is 11.6. The number of phenols is 1. The summed E-state index contributed by atoms with van der Waals surface area (Å²) in [5.41, 5.74) is 0.276. The first-order valence-corrected chi connectivity index (χ1v) is 7.22. The highest BCUT2D eigenvalue weighted by molar-refractivity contribution is 7.85. The van der Waals surface area contributed by atoms with Gasteiger partial charge >= 0.3 is 0 Å². The fourth-order valence-electron chi connectivity index (χ4n) is 1.79. The van der Waals surface area contributed by atoms with Gasteiger partial charge in [-0.25, -0.2) is 0 Å². The number of aromatic hydroxyl groups is 1. The number of rotatable bonds is 2. The monoisotopic (exact) mass is 315 g/mol. The van der Waals surface area contributed by atoms with Gasteiger partial charge in [0.1, 0.15) is 5.75 Å². The van der Waals surface area contributed by atoms with E-state index in [1.54, 1.807) is 0 Å². The molecular formula is C12H10ClNO5S. The predicted molar refractivity (Wildman–Crippen MR) is 74.7 cm³/mol. The zero-order chi connectivity index (χ0) is 15.1. The lowest BCUT2D eigenvalue weighted by molar-refractivity contribution is -0.114. The molecule has 0 atom stereocenters. The Balaban J connectivity index is 2.79. The van der Waals surface area contributed by atoms with Crippen molar-refractivity contribution in [3.05, 3.63) is 29.3 Å². The molecule has 0 bridgehead atoms. The lowest BCUT2D eigenvalue weighted by atomic mass is 10.1. The van der Waals surface area contributed by atoms with Crippen molar-refractivity contribution in [1.82, 2.24) is 0 Å². The van der Waals surface area contributed by atoms with E-state index in [2.05, 4.69) is 5.32 Å². The molecule has 1 amide bonds. The molecule has 2 aromatic carbocycles. The second-order valence-corrected chi connectivity index (χ2v) is 5.92. The Morgan fingerprint density at radius 3 is 2.45 bits per heavy atom. The first-order chi connectivity index (χ1) is 9.20. The Kier molecular flexibility index (Phi) is 3.59. The van der Waals surface area contributed by atoms with Crippen LogP contribution in [0.15, 0.2) is 29.2 Å². The van der Waals surface area contributed by atoms with Crippen molar-refractivity contribution in [2.24, 2.45) is 0 Å².